The van der Waals surface area contributed by atoms with Crippen molar-refractivity contribution >= 4 is 39.0 Å². The topological polar surface area (TPSA) is 38.3 Å². The van der Waals surface area contributed by atoms with Crippen molar-refractivity contribution in [1.82, 2.24) is 0 Å². The summed E-state index contributed by atoms with van der Waals surface area (Å²) in [6.07, 6.45) is 0. The smallest absolute Gasteiger partial charge is 0.181 e. The van der Waals surface area contributed by atoms with Gasteiger partial charge in [0.15, 0.2) is 5.78 Å². The Kier molecular flexibility index (Phi) is 5.04. The maximum absolute atomic E-state index is 12.1. The van der Waals surface area contributed by atoms with Gasteiger partial charge in [-0.05, 0) is 36.4 Å². The summed E-state index contributed by atoms with van der Waals surface area (Å²) in [6, 6.07) is 12.7. The van der Waals surface area contributed by atoms with Crippen molar-refractivity contribution in [3.05, 3.63) is 57.5 Å². The fourth-order valence-corrected chi connectivity index (χ4v) is 2.38. The number of hydrogen-bond donors (Lipinski definition) is 1. The third-order valence-electron chi connectivity index (χ3n) is 2.75. The summed E-state index contributed by atoms with van der Waals surface area (Å²) >= 11 is 9.39. The lowest BCUT2D eigenvalue weighted by Gasteiger charge is -2.08. The molecule has 3 nitrogen and oxygen atoms in total. The number of nitrogens with one attached hydrogen (secondary N) is 1. The average molecular weight is 355 g/mol. The van der Waals surface area contributed by atoms with Gasteiger partial charge in [0.25, 0.3) is 0 Å². The van der Waals surface area contributed by atoms with Crippen LogP contribution in [0.15, 0.2) is 46.9 Å². The molecule has 0 radical (unpaired) electrons. The summed E-state index contributed by atoms with van der Waals surface area (Å²) in [5.74, 6) is 0.526. The fraction of sp³-hybridized carbons (Fsp3) is 0.133. The van der Waals surface area contributed by atoms with Gasteiger partial charge in [0, 0.05) is 15.7 Å². The molecule has 0 aliphatic heterocycles. The highest BCUT2D eigenvalue weighted by Crippen LogP contribution is 2.25. The predicted octanol–water partition coefficient (Wildman–Crippen LogP) is 4.41. The molecule has 2 aromatic carbocycles. The van der Waals surface area contributed by atoms with Crippen LogP contribution in [0.4, 0.5) is 5.69 Å². The van der Waals surface area contributed by atoms with E-state index in [9.17, 15) is 4.79 Å². The number of benzene rings is 2. The maximum Gasteiger partial charge on any atom is 0.181 e. The van der Waals surface area contributed by atoms with E-state index in [2.05, 4.69) is 21.2 Å². The molecule has 0 spiro atoms. The quantitative estimate of drug-likeness (QED) is 0.809. The average Bonchev–Trinajstić information content (AvgIpc) is 2.44. The van der Waals surface area contributed by atoms with E-state index in [0.29, 0.717) is 16.3 Å². The summed E-state index contributed by atoms with van der Waals surface area (Å²) < 4.78 is 6.02. The number of ketones is 1. The normalized spacial score (nSPS) is 10.2. The van der Waals surface area contributed by atoms with Crippen LogP contribution in [0.25, 0.3) is 0 Å². The van der Waals surface area contributed by atoms with Gasteiger partial charge in [-0.3, -0.25) is 4.79 Å². The zero-order valence-electron chi connectivity index (χ0n) is 10.8. The molecular weight excluding hydrogens is 342 g/mol. The Morgan fingerprint density at radius 1 is 1.30 bits per heavy atom. The van der Waals surface area contributed by atoms with E-state index in [1.54, 1.807) is 18.2 Å². The van der Waals surface area contributed by atoms with E-state index in [-0.39, 0.29) is 12.3 Å². The lowest BCUT2D eigenvalue weighted by atomic mass is 10.1. The van der Waals surface area contributed by atoms with Crippen molar-refractivity contribution in [3.8, 4) is 5.75 Å². The number of rotatable bonds is 5. The van der Waals surface area contributed by atoms with Crippen LogP contribution < -0.4 is 10.1 Å². The van der Waals surface area contributed by atoms with Crippen molar-refractivity contribution in [2.75, 3.05) is 19.0 Å². The van der Waals surface area contributed by atoms with E-state index in [0.717, 1.165) is 10.2 Å². The maximum atomic E-state index is 12.1. The van der Waals surface area contributed by atoms with E-state index >= 15 is 0 Å². The fourth-order valence-electron chi connectivity index (χ4n) is 1.72. The lowest BCUT2D eigenvalue weighted by molar-refractivity contribution is 0.101. The molecule has 0 aromatic heterocycles. The number of hydrogen-bond acceptors (Lipinski definition) is 3. The van der Waals surface area contributed by atoms with Gasteiger partial charge in [-0.1, -0.05) is 33.6 Å². The van der Waals surface area contributed by atoms with Crippen LogP contribution >= 0.6 is 27.5 Å². The first-order chi connectivity index (χ1) is 9.60. The minimum atomic E-state index is -0.0328. The van der Waals surface area contributed by atoms with Crippen LogP contribution in [0.1, 0.15) is 10.4 Å². The molecule has 0 saturated carbocycles. The Morgan fingerprint density at radius 2 is 2.10 bits per heavy atom. The summed E-state index contributed by atoms with van der Waals surface area (Å²) in [7, 11) is 1.54. The van der Waals surface area contributed by atoms with Gasteiger partial charge in [-0.15, -0.1) is 0 Å². The summed E-state index contributed by atoms with van der Waals surface area (Å²) in [6.45, 7) is 0.207. The second kappa shape index (κ2) is 6.77. The Bertz CT molecular complexity index is 631. The molecule has 0 heterocycles. The largest absolute Gasteiger partial charge is 0.495 e. The van der Waals surface area contributed by atoms with E-state index in [1.165, 1.54) is 7.11 Å². The first-order valence-corrected chi connectivity index (χ1v) is 7.13. The van der Waals surface area contributed by atoms with Gasteiger partial charge in [-0.2, -0.15) is 0 Å². The van der Waals surface area contributed by atoms with Crippen molar-refractivity contribution in [3.63, 3.8) is 0 Å². The first-order valence-electron chi connectivity index (χ1n) is 5.96. The van der Waals surface area contributed by atoms with Crippen molar-refractivity contribution in [2.45, 2.75) is 0 Å². The number of ether oxygens (including phenoxy) is 1. The second-order valence-electron chi connectivity index (χ2n) is 4.14. The van der Waals surface area contributed by atoms with Crippen LogP contribution in [0.5, 0.6) is 5.75 Å². The molecule has 104 valence electrons. The van der Waals surface area contributed by atoms with Gasteiger partial charge >= 0.3 is 0 Å². The van der Waals surface area contributed by atoms with Gasteiger partial charge in [0.05, 0.1) is 18.7 Å². The van der Waals surface area contributed by atoms with Crippen molar-refractivity contribution in [1.29, 1.82) is 0 Å². The lowest BCUT2D eigenvalue weighted by Crippen LogP contribution is -2.14. The summed E-state index contributed by atoms with van der Waals surface area (Å²) in [4.78, 5) is 12.1. The highest BCUT2D eigenvalue weighted by Gasteiger charge is 2.09. The van der Waals surface area contributed by atoms with Gasteiger partial charge < -0.3 is 10.1 Å². The molecule has 0 saturated heterocycles. The standard InChI is InChI=1S/C15H13BrClNO2/c1-20-15-6-5-10(7-13(15)17)14(19)9-18-12-4-2-3-11(16)8-12/h2-8,18H,9H2,1H3. The van der Waals surface area contributed by atoms with Crippen molar-refractivity contribution in [2.24, 2.45) is 0 Å². The number of Topliss-reactive ketones (excluding diaryl/α,β-unsaturated/α-hetero) is 1. The van der Waals surface area contributed by atoms with Crippen LogP contribution in [-0.4, -0.2) is 19.4 Å². The molecule has 5 heteroatoms. The molecule has 0 aliphatic carbocycles. The number of carbonyl (C=O) groups is 1. The molecule has 2 rings (SSSR count). The van der Waals surface area contributed by atoms with Gasteiger partial charge in [-0.25, -0.2) is 0 Å². The van der Waals surface area contributed by atoms with E-state index in [1.807, 2.05) is 24.3 Å². The Balaban J connectivity index is 2.03. The van der Waals surface area contributed by atoms with Crippen LogP contribution in [0.3, 0.4) is 0 Å². The van der Waals surface area contributed by atoms with Crippen molar-refractivity contribution < 1.29 is 9.53 Å². The molecule has 1 N–H and O–H groups in total. The Hall–Kier alpha value is -1.52. The zero-order valence-corrected chi connectivity index (χ0v) is 13.2. The summed E-state index contributed by atoms with van der Waals surface area (Å²) in [5.41, 5.74) is 1.44. The van der Waals surface area contributed by atoms with E-state index in [4.69, 9.17) is 16.3 Å². The highest BCUT2D eigenvalue weighted by atomic mass is 79.9. The molecule has 20 heavy (non-hydrogen) atoms. The monoisotopic (exact) mass is 353 g/mol. The first kappa shape index (κ1) is 14.9. The number of anilines is 1. The molecule has 0 fully saturated rings. The zero-order chi connectivity index (χ0) is 14.5. The predicted molar refractivity (Wildman–Crippen MR) is 85.0 cm³/mol. The summed E-state index contributed by atoms with van der Waals surface area (Å²) in [5, 5.41) is 3.51. The Morgan fingerprint density at radius 3 is 2.75 bits per heavy atom. The number of carbonyl (C=O) groups excluding carboxylic acids is 1. The van der Waals surface area contributed by atoms with E-state index < -0.39 is 0 Å². The molecular formula is C15H13BrClNO2. The Labute approximate surface area is 131 Å². The SMILES string of the molecule is COc1ccc(C(=O)CNc2cccc(Br)c2)cc1Cl. The van der Waals surface area contributed by atoms with Gasteiger partial charge in [0.2, 0.25) is 0 Å². The third-order valence-corrected chi connectivity index (χ3v) is 3.54. The second-order valence-corrected chi connectivity index (χ2v) is 5.46. The van der Waals surface area contributed by atoms with Crippen LogP contribution in [0.2, 0.25) is 5.02 Å². The molecule has 0 bridgehead atoms. The van der Waals surface area contributed by atoms with Crippen LogP contribution in [0, 0.1) is 0 Å². The number of halogens is 2. The third kappa shape index (κ3) is 3.74. The minimum absolute atomic E-state index is 0.0328. The minimum Gasteiger partial charge on any atom is -0.495 e. The molecule has 0 atom stereocenters. The molecule has 0 aliphatic rings. The van der Waals surface area contributed by atoms with Gasteiger partial charge in [0.1, 0.15) is 5.75 Å². The molecule has 2 aromatic rings. The molecule has 0 unspecified atom stereocenters. The van der Waals surface area contributed by atoms with Crippen LogP contribution in [-0.2, 0) is 0 Å². The number of methoxy groups -OCH3 is 1. The highest BCUT2D eigenvalue weighted by molar-refractivity contribution is 9.10. The molecule has 0 amide bonds.